The van der Waals surface area contributed by atoms with E-state index in [0.717, 1.165) is 13.0 Å². The van der Waals surface area contributed by atoms with Gasteiger partial charge in [-0.05, 0) is 12.8 Å². The van der Waals surface area contributed by atoms with Crippen molar-refractivity contribution in [2.24, 2.45) is 0 Å². The smallest absolute Gasteiger partial charge is 0.0965 e. The van der Waals surface area contributed by atoms with Crippen molar-refractivity contribution in [1.82, 2.24) is 4.98 Å². The molecule has 53 valence electrons. The van der Waals surface area contributed by atoms with Crippen LogP contribution in [0.3, 0.4) is 0 Å². The minimum absolute atomic E-state index is 0.229. The van der Waals surface area contributed by atoms with Crippen molar-refractivity contribution < 1.29 is 4.74 Å². The number of thiazole rings is 1. The van der Waals surface area contributed by atoms with E-state index in [0.29, 0.717) is 0 Å². The number of ether oxygens (including phenoxy) is 1. The van der Waals surface area contributed by atoms with Crippen molar-refractivity contribution in [2.75, 3.05) is 6.61 Å². The molecule has 0 spiro atoms. The van der Waals surface area contributed by atoms with E-state index in [2.05, 4.69) is 11.4 Å². The van der Waals surface area contributed by atoms with Gasteiger partial charge in [0.05, 0.1) is 16.5 Å². The molecule has 1 saturated heterocycles. The molecule has 1 aliphatic heterocycles. The lowest BCUT2D eigenvalue weighted by atomic mass is 10.2. The maximum Gasteiger partial charge on any atom is 0.0965 e. The lowest BCUT2D eigenvalue weighted by molar-refractivity contribution is 0.126. The number of rotatable bonds is 1. The SMILES string of the molecule is [CH]1CCOC1c1cncs1. The van der Waals surface area contributed by atoms with E-state index in [1.54, 1.807) is 11.3 Å². The van der Waals surface area contributed by atoms with Gasteiger partial charge in [-0.25, -0.2) is 0 Å². The van der Waals surface area contributed by atoms with Gasteiger partial charge in [0.15, 0.2) is 0 Å². The predicted octanol–water partition coefficient (Wildman–Crippen LogP) is 1.81. The molecule has 2 rings (SSSR count). The monoisotopic (exact) mass is 154 g/mol. The van der Waals surface area contributed by atoms with Crippen LogP contribution in [0.25, 0.3) is 0 Å². The van der Waals surface area contributed by atoms with E-state index >= 15 is 0 Å². The first-order valence-corrected chi connectivity index (χ1v) is 4.18. The number of nitrogens with zero attached hydrogens (tertiary/aromatic N) is 1. The Morgan fingerprint density at radius 1 is 1.70 bits per heavy atom. The van der Waals surface area contributed by atoms with Gasteiger partial charge in [-0.3, -0.25) is 4.98 Å². The highest BCUT2D eigenvalue weighted by Gasteiger charge is 2.18. The largest absolute Gasteiger partial charge is 0.372 e. The summed E-state index contributed by atoms with van der Waals surface area (Å²) in [5.41, 5.74) is 1.84. The standard InChI is InChI=1S/C7H8NOS/c1-2-6(9-3-1)7-4-8-5-10-7/h2,4-6H,1,3H2. The van der Waals surface area contributed by atoms with Crippen LogP contribution in [-0.4, -0.2) is 11.6 Å². The fourth-order valence-corrected chi connectivity index (χ4v) is 1.71. The normalized spacial score (nSPS) is 25.4. The molecule has 3 heteroatoms. The average Bonchev–Trinajstić information content (AvgIpc) is 2.59. The summed E-state index contributed by atoms with van der Waals surface area (Å²) < 4.78 is 5.41. The Morgan fingerprint density at radius 2 is 2.70 bits per heavy atom. The Hall–Kier alpha value is -0.410. The van der Waals surface area contributed by atoms with Crippen LogP contribution in [0.15, 0.2) is 11.7 Å². The Balaban J connectivity index is 2.12. The highest BCUT2D eigenvalue weighted by molar-refractivity contribution is 7.09. The van der Waals surface area contributed by atoms with E-state index in [1.165, 1.54) is 4.88 Å². The van der Waals surface area contributed by atoms with E-state index in [-0.39, 0.29) is 6.10 Å². The molecule has 0 bridgehead atoms. The fraction of sp³-hybridized carbons (Fsp3) is 0.429. The van der Waals surface area contributed by atoms with Crippen LogP contribution < -0.4 is 0 Å². The van der Waals surface area contributed by atoms with Crippen molar-refractivity contribution in [1.29, 1.82) is 0 Å². The molecule has 1 atom stereocenters. The molecular weight excluding hydrogens is 146 g/mol. The zero-order chi connectivity index (χ0) is 6.81. The van der Waals surface area contributed by atoms with E-state index < -0.39 is 0 Å². The molecule has 0 aliphatic carbocycles. The van der Waals surface area contributed by atoms with Crippen molar-refractivity contribution in [3.8, 4) is 0 Å². The molecule has 1 aromatic rings. The van der Waals surface area contributed by atoms with Crippen LogP contribution in [0.5, 0.6) is 0 Å². The van der Waals surface area contributed by atoms with Crippen LogP contribution in [0.2, 0.25) is 0 Å². The quantitative estimate of drug-likeness (QED) is 0.615. The van der Waals surface area contributed by atoms with Crippen LogP contribution in [0.1, 0.15) is 17.4 Å². The molecule has 1 aliphatic rings. The van der Waals surface area contributed by atoms with Gasteiger partial charge >= 0.3 is 0 Å². The first kappa shape index (κ1) is 6.31. The van der Waals surface area contributed by atoms with Gasteiger partial charge in [0.1, 0.15) is 0 Å². The zero-order valence-electron chi connectivity index (χ0n) is 5.49. The second kappa shape index (κ2) is 2.68. The van der Waals surface area contributed by atoms with Crippen LogP contribution >= 0.6 is 11.3 Å². The molecule has 2 nitrogen and oxygen atoms in total. The number of hydrogen-bond acceptors (Lipinski definition) is 3. The van der Waals surface area contributed by atoms with Gasteiger partial charge in [0.25, 0.3) is 0 Å². The first-order chi connectivity index (χ1) is 4.97. The van der Waals surface area contributed by atoms with Crippen LogP contribution in [0.4, 0.5) is 0 Å². The second-order valence-electron chi connectivity index (χ2n) is 2.22. The van der Waals surface area contributed by atoms with Gasteiger partial charge < -0.3 is 4.74 Å². The molecule has 1 fully saturated rings. The van der Waals surface area contributed by atoms with Gasteiger partial charge in [-0.1, -0.05) is 0 Å². The molecule has 0 aromatic carbocycles. The van der Waals surface area contributed by atoms with Crippen molar-refractivity contribution in [2.45, 2.75) is 12.5 Å². The highest BCUT2D eigenvalue weighted by atomic mass is 32.1. The Bertz CT molecular complexity index is 191. The maximum absolute atomic E-state index is 5.41. The maximum atomic E-state index is 5.41. The molecular formula is C7H8NOS. The second-order valence-corrected chi connectivity index (χ2v) is 3.14. The van der Waals surface area contributed by atoms with Crippen molar-refractivity contribution in [3.05, 3.63) is 23.0 Å². The Kier molecular flexibility index (Phi) is 1.69. The molecule has 0 N–H and O–H groups in total. The lowest BCUT2D eigenvalue weighted by Crippen LogP contribution is -1.91. The fourth-order valence-electron chi connectivity index (χ4n) is 1.05. The summed E-state index contributed by atoms with van der Waals surface area (Å²) in [4.78, 5) is 5.21. The van der Waals surface area contributed by atoms with Gasteiger partial charge in [-0.15, -0.1) is 11.3 Å². The third-order valence-electron chi connectivity index (χ3n) is 1.53. The molecule has 1 aromatic heterocycles. The summed E-state index contributed by atoms with van der Waals surface area (Å²) >= 11 is 1.65. The van der Waals surface area contributed by atoms with Crippen molar-refractivity contribution >= 4 is 11.3 Å². The van der Waals surface area contributed by atoms with Gasteiger partial charge in [-0.2, -0.15) is 0 Å². The predicted molar refractivity (Wildman–Crippen MR) is 39.7 cm³/mol. The highest BCUT2D eigenvalue weighted by Crippen LogP contribution is 2.29. The van der Waals surface area contributed by atoms with E-state index in [4.69, 9.17) is 4.74 Å². The summed E-state index contributed by atoms with van der Waals surface area (Å²) in [6.45, 7) is 0.864. The third kappa shape index (κ3) is 1.07. The van der Waals surface area contributed by atoms with Gasteiger partial charge in [0.2, 0.25) is 0 Å². The molecule has 0 amide bonds. The number of aromatic nitrogens is 1. The minimum Gasteiger partial charge on any atom is -0.372 e. The summed E-state index contributed by atoms with van der Waals surface area (Å²) in [5, 5.41) is 0. The summed E-state index contributed by atoms with van der Waals surface area (Å²) in [6.07, 6.45) is 5.36. The average molecular weight is 154 g/mol. The third-order valence-corrected chi connectivity index (χ3v) is 2.36. The zero-order valence-corrected chi connectivity index (χ0v) is 6.30. The van der Waals surface area contributed by atoms with Gasteiger partial charge in [0, 0.05) is 12.8 Å². The molecule has 10 heavy (non-hydrogen) atoms. The minimum atomic E-state index is 0.229. The van der Waals surface area contributed by atoms with E-state index in [1.807, 2.05) is 11.7 Å². The molecule has 1 radical (unpaired) electrons. The summed E-state index contributed by atoms with van der Waals surface area (Å²) in [5.74, 6) is 0. The molecule has 2 heterocycles. The van der Waals surface area contributed by atoms with E-state index in [9.17, 15) is 0 Å². The van der Waals surface area contributed by atoms with Crippen LogP contribution in [-0.2, 0) is 4.74 Å². The topological polar surface area (TPSA) is 22.1 Å². The first-order valence-electron chi connectivity index (χ1n) is 3.30. The number of hydrogen-bond donors (Lipinski definition) is 0. The van der Waals surface area contributed by atoms with Crippen LogP contribution in [0, 0.1) is 6.42 Å². The summed E-state index contributed by atoms with van der Waals surface area (Å²) in [7, 11) is 0. The van der Waals surface area contributed by atoms with Crippen molar-refractivity contribution in [3.63, 3.8) is 0 Å². The molecule has 1 unspecified atom stereocenters. The molecule has 0 saturated carbocycles. The summed E-state index contributed by atoms with van der Waals surface area (Å²) in [6, 6.07) is 0. The Labute approximate surface area is 63.9 Å². The Morgan fingerprint density at radius 3 is 3.30 bits per heavy atom. The lowest BCUT2D eigenvalue weighted by Gasteiger charge is -2.02.